The van der Waals surface area contributed by atoms with E-state index in [1.165, 1.54) is 24.0 Å². The van der Waals surface area contributed by atoms with Crippen LogP contribution in [0.25, 0.3) is 0 Å². The molecule has 0 aromatic heterocycles. The average Bonchev–Trinajstić information content (AvgIpc) is 2.29. The quantitative estimate of drug-likeness (QED) is 0.567. The van der Waals surface area contributed by atoms with Crippen molar-refractivity contribution in [3.8, 4) is 6.07 Å². The first-order valence-electron chi connectivity index (χ1n) is 5.67. The maximum atomic E-state index is 11.3. The summed E-state index contributed by atoms with van der Waals surface area (Å²) in [5.74, 6) is -1.48. The minimum Gasteiger partial charge on any atom is -0.549 e. The van der Waals surface area contributed by atoms with Gasteiger partial charge in [-0.1, -0.05) is 0 Å². The van der Waals surface area contributed by atoms with Crippen LogP contribution >= 0.6 is 0 Å². The number of carboxylic acids is 1. The molecular formula is C11H16N3O4-. The Morgan fingerprint density at radius 2 is 2.22 bits per heavy atom. The molecule has 7 nitrogen and oxygen atoms in total. The molecule has 0 N–H and O–H groups in total. The van der Waals surface area contributed by atoms with Crippen molar-refractivity contribution in [1.82, 2.24) is 9.96 Å². The van der Waals surface area contributed by atoms with Crippen molar-refractivity contribution >= 4 is 11.9 Å². The van der Waals surface area contributed by atoms with Crippen LogP contribution in [0.3, 0.4) is 0 Å². The molecule has 1 fully saturated rings. The second kappa shape index (κ2) is 6.33. The van der Waals surface area contributed by atoms with Gasteiger partial charge in [-0.15, -0.1) is 0 Å². The van der Waals surface area contributed by atoms with Gasteiger partial charge >= 0.3 is 0 Å². The number of hydroxylamine groups is 2. The van der Waals surface area contributed by atoms with Crippen LogP contribution in [0.4, 0.5) is 0 Å². The Labute approximate surface area is 105 Å². The number of nitrogens with zero attached hydrogens (tertiary/aromatic N) is 3. The SMILES string of the molecule is CON(C(C)=O)C1CCC(C#N)N(CC(=O)[O-])C1. The van der Waals surface area contributed by atoms with Crippen LogP contribution in [-0.2, 0) is 14.4 Å². The number of piperidine rings is 1. The molecule has 0 aromatic rings. The largest absolute Gasteiger partial charge is 0.549 e. The minimum atomic E-state index is -1.23. The van der Waals surface area contributed by atoms with Gasteiger partial charge in [0.25, 0.3) is 0 Å². The normalized spacial score (nSPS) is 24.3. The summed E-state index contributed by atoms with van der Waals surface area (Å²) in [6.45, 7) is 1.35. The Morgan fingerprint density at radius 1 is 1.56 bits per heavy atom. The Morgan fingerprint density at radius 3 is 2.67 bits per heavy atom. The van der Waals surface area contributed by atoms with E-state index in [0.29, 0.717) is 19.4 Å². The van der Waals surface area contributed by atoms with Crippen molar-refractivity contribution < 1.29 is 19.5 Å². The zero-order valence-corrected chi connectivity index (χ0v) is 10.5. The number of nitriles is 1. The van der Waals surface area contributed by atoms with E-state index in [-0.39, 0.29) is 18.5 Å². The van der Waals surface area contributed by atoms with Crippen molar-refractivity contribution in [2.24, 2.45) is 0 Å². The number of likely N-dealkylation sites (tertiary alicyclic amines) is 1. The van der Waals surface area contributed by atoms with Crippen LogP contribution in [-0.4, -0.2) is 54.1 Å². The zero-order chi connectivity index (χ0) is 13.7. The Bertz CT molecular complexity index is 366. The standard InChI is InChI=1S/C11H17N3O4/c1-8(15)14(18-2)10-4-3-9(5-12)13(6-10)7-11(16)17/h9-10H,3-4,6-7H2,1-2H3,(H,16,17)/p-1. The van der Waals surface area contributed by atoms with Crippen LogP contribution in [0.2, 0.25) is 0 Å². The van der Waals surface area contributed by atoms with E-state index in [2.05, 4.69) is 6.07 Å². The topological polar surface area (TPSA) is 96.7 Å². The van der Waals surface area contributed by atoms with Gasteiger partial charge in [-0.05, 0) is 12.8 Å². The predicted octanol–water partition coefficient (Wildman–Crippen LogP) is -1.50. The van der Waals surface area contributed by atoms with Crippen LogP contribution in [0.15, 0.2) is 0 Å². The number of carbonyl (C=O) groups is 2. The number of carboxylic acid groups (broad SMARTS) is 1. The maximum absolute atomic E-state index is 11.3. The van der Waals surface area contributed by atoms with Crippen molar-refractivity contribution in [3.63, 3.8) is 0 Å². The smallest absolute Gasteiger partial charge is 0.243 e. The highest BCUT2D eigenvalue weighted by molar-refractivity contribution is 5.72. The lowest BCUT2D eigenvalue weighted by Gasteiger charge is -2.39. The highest BCUT2D eigenvalue weighted by atomic mass is 16.7. The first-order chi connectivity index (χ1) is 8.49. The summed E-state index contributed by atoms with van der Waals surface area (Å²) >= 11 is 0. The first kappa shape index (κ1) is 14.4. The van der Waals surface area contributed by atoms with Crippen molar-refractivity contribution in [2.75, 3.05) is 20.2 Å². The van der Waals surface area contributed by atoms with E-state index in [9.17, 15) is 14.7 Å². The number of amides is 1. The number of carbonyl (C=O) groups excluding carboxylic acids is 2. The molecule has 0 aromatic carbocycles. The minimum absolute atomic E-state index is 0.239. The predicted molar refractivity (Wildman–Crippen MR) is 58.5 cm³/mol. The summed E-state index contributed by atoms with van der Waals surface area (Å²) in [5.41, 5.74) is 0. The molecule has 2 atom stereocenters. The molecule has 0 saturated carbocycles. The molecular weight excluding hydrogens is 238 g/mol. The Hall–Kier alpha value is -1.65. The summed E-state index contributed by atoms with van der Waals surface area (Å²) < 4.78 is 0. The van der Waals surface area contributed by atoms with Crippen molar-refractivity contribution in [3.05, 3.63) is 0 Å². The summed E-state index contributed by atoms with van der Waals surface area (Å²) in [7, 11) is 1.39. The van der Waals surface area contributed by atoms with Gasteiger partial charge in [-0.2, -0.15) is 5.26 Å². The molecule has 2 unspecified atom stereocenters. The van der Waals surface area contributed by atoms with E-state index < -0.39 is 12.0 Å². The lowest BCUT2D eigenvalue weighted by atomic mass is 9.98. The Kier molecular flexibility index (Phi) is 5.07. The summed E-state index contributed by atoms with van der Waals surface area (Å²) in [6.07, 6.45) is 1.11. The van der Waals surface area contributed by atoms with Crippen LogP contribution < -0.4 is 5.11 Å². The fraction of sp³-hybridized carbons (Fsp3) is 0.727. The molecule has 1 aliphatic heterocycles. The molecule has 7 heteroatoms. The second-order valence-corrected chi connectivity index (χ2v) is 4.20. The van der Waals surface area contributed by atoms with E-state index in [4.69, 9.17) is 10.1 Å². The fourth-order valence-corrected chi connectivity index (χ4v) is 2.23. The van der Waals surface area contributed by atoms with Gasteiger partial charge in [0.2, 0.25) is 5.91 Å². The van der Waals surface area contributed by atoms with Crippen LogP contribution in [0.1, 0.15) is 19.8 Å². The number of rotatable bonds is 4. The average molecular weight is 254 g/mol. The highest BCUT2D eigenvalue weighted by Crippen LogP contribution is 2.20. The monoisotopic (exact) mass is 254 g/mol. The molecule has 1 amide bonds. The van der Waals surface area contributed by atoms with Crippen molar-refractivity contribution in [2.45, 2.75) is 31.8 Å². The molecule has 18 heavy (non-hydrogen) atoms. The fourth-order valence-electron chi connectivity index (χ4n) is 2.23. The summed E-state index contributed by atoms with van der Waals surface area (Å²) in [4.78, 5) is 28.5. The molecule has 0 spiro atoms. The van der Waals surface area contributed by atoms with E-state index in [1.54, 1.807) is 0 Å². The maximum Gasteiger partial charge on any atom is 0.243 e. The van der Waals surface area contributed by atoms with E-state index >= 15 is 0 Å². The van der Waals surface area contributed by atoms with Crippen molar-refractivity contribution in [1.29, 1.82) is 5.26 Å². The third-order valence-electron chi connectivity index (χ3n) is 2.98. The summed E-state index contributed by atoms with van der Waals surface area (Å²) in [6, 6.07) is 1.36. The summed E-state index contributed by atoms with van der Waals surface area (Å²) in [5, 5.41) is 20.8. The molecule has 1 rings (SSSR count). The molecule has 0 aliphatic carbocycles. The zero-order valence-electron chi connectivity index (χ0n) is 10.5. The third-order valence-corrected chi connectivity index (χ3v) is 2.98. The first-order valence-corrected chi connectivity index (χ1v) is 5.67. The molecule has 0 radical (unpaired) electrons. The van der Waals surface area contributed by atoms with E-state index in [1.807, 2.05) is 0 Å². The molecule has 100 valence electrons. The van der Waals surface area contributed by atoms with Gasteiger partial charge in [0.05, 0.1) is 31.2 Å². The van der Waals surface area contributed by atoms with E-state index in [0.717, 1.165) is 0 Å². The van der Waals surface area contributed by atoms with Gasteiger partial charge in [-0.3, -0.25) is 14.5 Å². The molecule has 0 bridgehead atoms. The highest BCUT2D eigenvalue weighted by Gasteiger charge is 2.32. The number of hydrogen-bond acceptors (Lipinski definition) is 6. The Balaban J connectivity index is 2.74. The van der Waals surface area contributed by atoms with Gasteiger partial charge < -0.3 is 9.90 Å². The van der Waals surface area contributed by atoms with Gasteiger partial charge in [0.1, 0.15) is 0 Å². The lowest BCUT2D eigenvalue weighted by Crippen LogP contribution is -2.54. The molecule has 1 aliphatic rings. The molecule has 1 heterocycles. The van der Waals surface area contributed by atoms with Gasteiger partial charge in [0, 0.05) is 20.0 Å². The van der Waals surface area contributed by atoms with Gasteiger partial charge in [-0.25, -0.2) is 5.06 Å². The molecule has 1 saturated heterocycles. The lowest BCUT2D eigenvalue weighted by molar-refractivity contribution is -0.307. The number of hydrogen-bond donors (Lipinski definition) is 0. The van der Waals surface area contributed by atoms with Crippen LogP contribution in [0.5, 0.6) is 0 Å². The third kappa shape index (κ3) is 3.42. The van der Waals surface area contributed by atoms with Gasteiger partial charge in [0.15, 0.2) is 0 Å². The van der Waals surface area contributed by atoms with Crippen LogP contribution in [0, 0.1) is 11.3 Å². The second-order valence-electron chi connectivity index (χ2n) is 4.20. The number of aliphatic carboxylic acids is 1.